The van der Waals surface area contributed by atoms with Crippen LogP contribution >= 0.6 is 0 Å². The van der Waals surface area contributed by atoms with Crippen LogP contribution in [0.4, 0.5) is 0 Å². The largest absolute Gasteiger partial charge is 0.402 e. The standard InChI is InChI=1S/C10H17N3O/c11-9-2-1-3-10(12,8-9)13-4-6-14-7-5-13/h1-3H,4-8,11-12H2. The van der Waals surface area contributed by atoms with Crippen LogP contribution in [0.1, 0.15) is 6.42 Å². The summed E-state index contributed by atoms with van der Waals surface area (Å²) < 4.78 is 5.30. The van der Waals surface area contributed by atoms with Crippen LogP contribution in [0.5, 0.6) is 0 Å². The Kier molecular flexibility index (Phi) is 2.58. The van der Waals surface area contributed by atoms with Gasteiger partial charge in [-0.1, -0.05) is 6.08 Å². The van der Waals surface area contributed by atoms with E-state index in [1.165, 1.54) is 0 Å². The Morgan fingerprint density at radius 2 is 2.07 bits per heavy atom. The van der Waals surface area contributed by atoms with Gasteiger partial charge in [0.15, 0.2) is 0 Å². The molecular formula is C10H17N3O. The Labute approximate surface area is 84.2 Å². The molecule has 0 aromatic carbocycles. The fourth-order valence-corrected chi connectivity index (χ4v) is 1.98. The maximum absolute atomic E-state index is 6.29. The van der Waals surface area contributed by atoms with E-state index in [0.29, 0.717) is 6.42 Å². The normalized spacial score (nSPS) is 34.2. The van der Waals surface area contributed by atoms with Crippen LogP contribution in [-0.4, -0.2) is 36.9 Å². The first-order valence-corrected chi connectivity index (χ1v) is 4.96. The van der Waals surface area contributed by atoms with E-state index in [4.69, 9.17) is 16.2 Å². The quantitative estimate of drug-likeness (QED) is 0.607. The molecule has 0 saturated carbocycles. The van der Waals surface area contributed by atoms with Crippen molar-refractivity contribution in [3.8, 4) is 0 Å². The molecule has 1 aliphatic heterocycles. The minimum atomic E-state index is -0.400. The lowest BCUT2D eigenvalue weighted by Crippen LogP contribution is -2.59. The van der Waals surface area contributed by atoms with E-state index in [2.05, 4.69) is 4.90 Å². The van der Waals surface area contributed by atoms with E-state index in [0.717, 1.165) is 32.0 Å². The third-order valence-corrected chi connectivity index (χ3v) is 2.78. The number of rotatable bonds is 1. The molecule has 0 aromatic heterocycles. The first-order valence-electron chi connectivity index (χ1n) is 4.96. The maximum Gasteiger partial charge on any atom is 0.0939 e. The summed E-state index contributed by atoms with van der Waals surface area (Å²) in [6.45, 7) is 3.29. The lowest BCUT2D eigenvalue weighted by atomic mass is 9.97. The first-order chi connectivity index (χ1) is 6.71. The zero-order chi connectivity index (χ0) is 10.0. The van der Waals surface area contributed by atoms with Crippen molar-refractivity contribution in [3.05, 3.63) is 23.9 Å². The van der Waals surface area contributed by atoms with Gasteiger partial charge < -0.3 is 16.2 Å². The van der Waals surface area contributed by atoms with Gasteiger partial charge in [0.25, 0.3) is 0 Å². The van der Waals surface area contributed by atoms with Gasteiger partial charge >= 0.3 is 0 Å². The highest BCUT2D eigenvalue weighted by Crippen LogP contribution is 2.22. The predicted octanol–water partition coefficient (Wildman–Crippen LogP) is -0.224. The molecule has 1 aliphatic carbocycles. The van der Waals surface area contributed by atoms with E-state index in [1.54, 1.807) is 0 Å². The summed E-state index contributed by atoms with van der Waals surface area (Å²) in [6, 6.07) is 0. The summed E-state index contributed by atoms with van der Waals surface area (Å²) in [5.41, 5.74) is 12.5. The first kappa shape index (κ1) is 9.71. The van der Waals surface area contributed by atoms with Crippen molar-refractivity contribution >= 4 is 0 Å². The number of hydrogen-bond donors (Lipinski definition) is 2. The van der Waals surface area contributed by atoms with Crippen molar-refractivity contribution in [2.45, 2.75) is 12.1 Å². The molecule has 1 saturated heterocycles. The van der Waals surface area contributed by atoms with Gasteiger partial charge in [0.05, 0.1) is 18.9 Å². The van der Waals surface area contributed by atoms with Crippen LogP contribution in [0.3, 0.4) is 0 Å². The molecular weight excluding hydrogens is 178 g/mol. The monoisotopic (exact) mass is 195 g/mol. The topological polar surface area (TPSA) is 64.5 Å². The summed E-state index contributed by atoms with van der Waals surface area (Å²) in [4.78, 5) is 2.23. The number of ether oxygens (including phenoxy) is 1. The fraction of sp³-hybridized carbons (Fsp3) is 0.600. The Morgan fingerprint density at radius 3 is 2.71 bits per heavy atom. The van der Waals surface area contributed by atoms with Crippen LogP contribution in [0.15, 0.2) is 23.9 Å². The second kappa shape index (κ2) is 3.73. The zero-order valence-corrected chi connectivity index (χ0v) is 8.28. The van der Waals surface area contributed by atoms with E-state index < -0.39 is 5.66 Å². The molecule has 0 aromatic rings. The molecule has 14 heavy (non-hydrogen) atoms. The van der Waals surface area contributed by atoms with Gasteiger partial charge in [-0.25, -0.2) is 0 Å². The highest BCUT2D eigenvalue weighted by atomic mass is 16.5. The van der Waals surface area contributed by atoms with E-state index in [-0.39, 0.29) is 0 Å². The molecule has 1 heterocycles. The van der Waals surface area contributed by atoms with Gasteiger partial charge in [-0.2, -0.15) is 0 Å². The predicted molar refractivity (Wildman–Crippen MR) is 55.3 cm³/mol. The van der Waals surface area contributed by atoms with Crippen molar-refractivity contribution < 1.29 is 4.74 Å². The lowest BCUT2D eigenvalue weighted by molar-refractivity contribution is -0.00463. The molecule has 1 unspecified atom stereocenters. The number of nitrogens with zero attached hydrogens (tertiary/aromatic N) is 1. The zero-order valence-electron chi connectivity index (χ0n) is 8.28. The van der Waals surface area contributed by atoms with Crippen LogP contribution in [0, 0.1) is 0 Å². The van der Waals surface area contributed by atoms with Gasteiger partial charge in [-0.05, 0) is 12.2 Å². The number of nitrogens with two attached hydrogens (primary N) is 2. The Morgan fingerprint density at radius 1 is 1.36 bits per heavy atom. The summed E-state index contributed by atoms with van der Waals surface area (Å²) in [5.74, 6) is 0. The molecule has 0 bridgehead atoms. The second-order valence-corrected chi connectivity index (χ2v) is 3.87. The average molecular weight is 195 g/mol. The minimum Gasteiger partial charge on any atom is -0.402 e. The number of hydrogen-bond acceptors (Lipinski definition) is 4. The molecule has 0 spiro atoms. The fourth-order valence-electron chi connectivity index (χ4n) is 1.98. The van der Waals surface area contributed by atoms with Crippen LogP contribution < -0.4 is 11.5 Å². The van der Waals surface area contributed by atoms with Gasteiger partial charge in [0.1, 0.15) is 0 Å². The summed E-state index contributed by atoms with van der Waals surface area (Å²) in [5, 5.41) is 0. The van der Waals surface area contributed by atoms with Gasteiger partial charge in [0.2, 0.25) is 0 Å². The SMILES string of the molecule is NC1=CC=CC(N)(N2CCOCC2)C1. The molecule has 2 rings (SSSR count). The molecule has 1 atom stereocenters. The molecule has 2 aliphatic rings. The second-order valence-electron chi connectivity index (χ2n) is 3.87. The summed E-state index contributed by atoms with van der Waals surface area (Å²) >= 11 is 0. The summed E-state index contributed by atoms with van der Waals surface area (Å²) in [7, 11) is 0. The molecule has 0 radical (unpaired) electrons. The molecule has 1 fully saturated rings. The van der Waals surface area contributed by atoms with Crippen LogP contribution in [-0.2, 0) is 4.74 Å². The minimum absolute atomic E-state index is 0.400. The third-order valence-electron chi connectivity index (χ3n) is 2.78. The van der Waals surface area contributed by atoms with Crippen molar-refractivity contribution in [3.63, 3.8) is 0 Å². The van der Waals surface area contributed by atoms with Crippen LogP contribution in [0.2, 0.25) is 0 Å². The molecule has 4 N–H and O–H groups in total. The highest BCUT2D eigenvalue weighted by molar-refractivity contribution is 5.24. The molecule has 78 valence electrons. The Bertz CT molecular complexity index is 269. The van der Waals surface area contributed by atoms with E-state index >= 15 is 0 Å². The van der Waals surface area contributed by atoms with Gasteiger partial charge in [0, 0.05) is 25.2 Å². The third kappa shape index (κ3) is 1.82. The van der Waals surface area contributed by atoms with Crippen molar-refractivity contribution in [1.29, 1.82) is 0 Å². The molecule has 4 nitrogen and oxygen atoms in total. The molecule has 0 amide bonds. The van der Waals surface area contributed by atoms with Crippen molar-refractivity contribution in [2.24, 2.45) is 11.5 Å². The van der Waals surface area contributed by atoms with Crippen LogP contribution in [0.25, 0.3) is 0 Å². The summed E-state index contributed by atoms with van der Waals surface area (Å²) in [6.07, 6.45) is 6.58. The Balaban J connectivity index is 2.08. The number of allylic oxidation sites excluding steroid dienone is 2. The maximum atomic E-state index is 6.29. The average Bonchev–Trinajstić information content (AvgIpc) is 2.19. The highest BCUT2D eigenvalue weighted by Gasteiger charge is 2.32. The van der Waals surface area contributed by atoms with E-state index in [9.17, 15) is 0 Å². The number of morpholine rings is 1. The van der Waals surface area contributed by atoms with Crippen molar-refractivity contribution in [1.82, 2.24) is 4.90 Å². The van der Waals surface area contributed by atoms with Gasteiger partial charge in [-0.15, -0.1) is 0 Å². The Hall–Kier alpha value is -0.840. The molecule has 4 heteroatoms. The van der Waals surface area contributed by atoms with Gasteiger partial charge in [-0.3, -0.25) is 4.90 Å². The smallest absolute Gasteiger partial charge is 0.0939 e. The van der Waals surface area contributed by atoms with Crippen molar-refractivity contribution in [2.75, 3.05) is 26.3 Å². The lowest BCUT2D eigenvalue weighted by Gasteiger charge is -2.42. The van der Waals surface area contributed by atoms with E-state index in [1.807, 2.05) is 18.2 Å².